The third kappa shape index (κ3) is 3.67. The first-order valence-corrected chi connectivity index (χ1v) is 5.82. The molecule has 0 amide bonds. The normalized spacial score (nSPS) is 10.3. The highest BCUT2D eigenvalue weighted by atomic mass is 35.5. The second kappa shape index (κ2) is 6.01. The highest BCUT2D eigenvalue weighted by Gasteiger charge is 2.12. The zero-order chi connectivity index (χ0) is 13.8. The molecule has 2 N–H and O–H groups in total. The number of halogens is 2. The molecule has 2 aromatic rings. The van der Waals surface area contributed by atoms with Gasteiger partial charge in [0.05, 0.1) is 6.20 Å². The summed E-state index contributed by atoms with van der Waals surface area (Å²) in [6.45, 7) is -0.0287. The molecule has 0 saturated heterocycles. The number of aromatic nitrogens is 1. The van der Waals surface area contributed by atoms with Crippen LogP contribution >= 0.6 is 11.6 Å². The van der Waals surface area contributed by atoms with Crippen molar-refractivity contribution < 1.29 is 19.2 Å². The second-order valence-corrected chi connectivity index (χ2v) is 4.29. The van der Waals surface area contributed by atoms with Gasteiger partial charge in [-0.05, 0) is 24.3 Å². The van der Waals surface area contributed by atoms with Gasteiger partial charge in [0.2, 0.25) is 0 Å². The maximum atomic E-state index is 13.4. The first-order valence-electron chi connectivity index (χ1n) is 5.44. The predicted octanol–water partition coefficient (Wildman–Crippen LogP) is 1.13. The highest BCUT2D eigenvalue weighted by molar-refractivity contribution is 6.58. The SMILES string of the molecule is OB(O)c1cncc(OCc2cc(Cl)ccc2F)c1. The molecule has 0 bridgehead atoms. The van der Waals surface area contributed by atoms with E-state index in [1.807, 2.05) is 0 Å². The number of hydrogen-bond donors (Lipinski definition) is 2. The number of benzene rings is 1. The Morgan fingerprint density at radius 2 is 2.05 bits per heavy atom. The molecule has 0 aliphatic carbocycles. The summed E-state index contributed by atoms with van der Waals surface area (Å²) in [4.78, 5) is 3.79. The van der Waals surface area contributed by atoms with Crippen molar-refractivity contribution in [2.24, 2.45) is 0 Å². The lowest BCUT2D eigenvalue weighted by Gasteiger charge is -2.08. The molecule has 0 radical (unpaired) electrons. The van der Waals surface area contributed by atoms with E-state index in [0.29, 0.717) is 16.3 Å². The van der Waals surface area contributed by atoms with Crippen LogP contribution in [-0.4, -0.2) is 22.2 Å². The molecule has 0 aliphatic heterocycles. The van der Waals surface area contributed by atoms with Crippen molar-refractivity contribution in [2.45, 2.75) is 6.61 Å². The summed E-state index contributed by atoms with van der Waals surface area (Å²) in [7, 11) is -1.63. The van der Waals surface area contributed by atoms with Crippen molar-refractivity contribution in [3.63, 3.8) is 0 Å². The van der Waals surface area contributed by atoms with E-state index in [2.05, 4.69) is 4.98 Å². The summed E-state index contributed by atoms with van der Waals surface area (Å²) in [6, 6.07) is 5.59. The Morgan fingerprint density at radius 3 is 2.79 bits per heavy atom. The summed E-state index contributed by atoms with van der Waals surface area (Å²) >= 11 is 5.76. The molecule has 0 unspecified atom stereocenters. The Kier molecular flexibility index (Phi) is 4.37. The molecular weight excluding hydrogens is 271 g/mol. The molecule has 0 spiro atoms. The van der Waals surface area contributed by atoms with E-state index in [4.69, 9.17) is 26.4 Å². The molecule has 0 fully saturated rings. The Balaban J connectivity index is 2.10. The largest absolute Gasteiger partial charge is 0.490 e. The van der Waals surface area contributed by atoms with Gasteiger partial charge in [0.15, 0.2) is 0 Å². The van der Waals surface area contributed by atoms with Crippen LogP contribution in [0.5, 0.6) is 5.75 Å². The van der Waals surface area contributed by atoms with Gasteiger partial charge in [0, 0.05) is 22.2 Å². The molecule has 1 aromatic carbocycles. The molecule has 19 heavy (non-hydrogen) atoms. The lowest BCUT2D eigenvalue weighted by atomic mass is 9.82. The van der Waals surface area contributed by atoms with Crippen molar-refractivity contribution >= 4 is 24.2 Å². The monoisotopic (exact) mass is 281 g/mol. The van der Waals surface area contributed by atoms with E-state index in [9.17, 15) is 4.39 Å². The average molecular weight is 281 g/mol. The Bertz CT molecular complexity index is 583. The van der Waals surface area contributed by atoms with Gasteiger partial charge in [0.25, 0.3) is 0 Å². The van der Waals surface area contributed by atoms with Crippen molar-refractivity contribution in [1.82, 2.24) is 4.98 Å². The maximum absolute atomic E-state index is 13.4. The fourth-order valence-corrected chi connectivity index (χ4v) is 1.67. The standard InChI is InChI=1S/C12H10BClFNO3/c14-10-1-2-12(15)8(3-10)7-19-11-4-9(13(17)18)5-16-6-11/h1-6,17-18H,7H2. The molecule has 7 heteroatoms. The summed E-state index contributed by atoms with van der Waals surface area (Å²) < 4.78 is 18.8. The van der Waals surface area contributed by atoms with Gasteiger partial charge in [-0.2, -0.15) is 0 Å². The summed E-state index contributed by atoms with van der Waals surface area (Å²) in [6.07, 6.45) is 2.70. The number of rotatable bonds is 4. The van der Waals surface area contributed by atoms with Crippen LogP contribution in [0.3, 0.4) is 0 Å². The fourth-order valence-electron chi connectivity index (χ4n) is 1.47. The maximum Gasteiger partial charge on any atom is 0.490 e. The molecular formula is C12H10BClFNO3. The number of hydrogen-bond acceptors (Lipinski definition) is 4. The van der Waals surface area contributed by atoms with Gasteiger partial charge in [-0.3, -0.25) is 4.98 Å². The van der Waals surface area contributed by atoms with Crippen molar-refractivity contribution in [3.05, 3.63) is 53.1 Å². The zero-order valence-electron chi connectivity index (χ0n) is 9.75. The quantitative estimate of drug-likeness (QED) is 0.825. The van der Waals surface area contributed by atoms with Crippen LogP contribution in [0, 0.1) is 5.82 Å². The van der Waals surface area contributed by atoms with Crippen molar-refractivity contribution in [3.8, 4) is 5.75 Å². The van der Waals surface area contributed by atoms with Gasteiger partial charge in [0.1, 0.15) is 18.2 Å². The predicted molar refractivity (Wildman–Crippen MR) is 69.8 cm³/mol. The number of ether oxygens (including phenoxy) is 1. The van der Waals surface area contributed by atoms with Crippen LogP contribution in [0.2, 0.25) is 5.02 Å². The van der Waals surface area contributed by atoms with Crippen molar-refractivity contribution in [1.29, 1.82) is 0 Å². The molecule has 98 valence electrons. The van der Waals surface area contributed by atoms with Crippen LogP contribution in [0.15, 0.2) is 36.7 Å². The molecule has 2 rings (SSSR count). The molecule has 1 heterocycles. The van der Waals surface area contributed by atoms with Crippen LogP contribution < -0.4 is 10.2 Å². The summed E-state index contributed by atoms with van der Waals surface area (Å²) in [5, 5.41) is 18.4. The van der Waals surface area contributed by atoms with Crippen LogP contribution in [0.4, 0.5) is 4.39 Å². The van der Waals surface area contributed by atoms with E-state index >= 15 is 0 Å². The minimum atomic E-state index is -1.63. The second-order valence-electron chi connectivity index (χ2n) is 3.85. The number of pyridine rings is 1. The Hall–Kier alpha value is -1.63. The van der Waals surface area contributed by atoms with Gasteiger partial charge >= 0.3 is 7.12 Å². The molecule has 4 nitrogen and oxygen atoms in total. The molecule has 1 aromatic heterocycles. The van der Waals surface area contributed by atoms with E-state index in [1.54, 1.807) is 0 Å². The Morgan fingerprint density at radius 1 is 1.26 bits per heavy atom. The third-order valence-electron chi connectivity index (χ3n) is 2.43. The smallest absolute Gasteiger partial charge is 0.487 e. The first-order chi connectivity index (χ1) is 9.06. The van der Waals surface area contributed by atoms with Gasteiger partial charge < -0.3 is 14.8 Å². The minimum absolute atomic E-state index is 0.0287. The average Bonchev–Trinajstić information content (AvgIpc) is 2.40. The van der Waals surface area contributed by atoms with E-state index in [-0.39, 0.29) is 12.1 Å². The van der Waals surface area contributed by atoms with Gasteiger partial charge in [-0.25, -0.2) is 4.39 Å². The summed E-state index contributed by atoms with van der Waals surface area (Å²) in [5.41, 5.74) is 0.506. The van der Waals surface area contributed by atoms with E-state index in [1.165, 1.54) is 36.7 Å². The van der Waals surface area contributed by atoms with E-state index < -0.39 is 12.9 Å². The van der Waals surface area contributed by atoms with Crippen molar-refractivity contribution in [2.75, 3.05) is 0 Å². The third-order valence-corrected chi connectivity index (χ3v) is 2.67. The van der Waals surface area contributed by atoms with Gasteiger partial charge in [-0.15, -0.1) is 0 Å². The molecule has 0 saturated carbocycles. The fraction of sp³-hybridized carbons (Fsp3) is 0.0833. The first kappa shape index (κ1) is 13.8. The van der Waals surface area contributed by atoms with Crippen LogP contribution in [-0.2, 0) is 6.61 Å². The van der Waals surface area contributed by atoms with Crippen LogP contribution in [0.1, 0.15) is 5.56 Å². The lowest BCUT2D eigenvalue weighted by Crippen LogP contribution is -2.30. The van der Waals surface area contributed by atoms with Gasteiger partial charge in [-0.1, -0.05) is 11.6 Å². The topological polar surface area (TPSA) is 62.6 Å². The molecule has 0 atom stereocenters. The van der Waals surface area contributed by atoms with Crippen LogP contribution in [0.25, 0.3) is 0 Å². The zero-order valence-corrected chi connectivity index (χ0v) is 10.5. The number of nitrogens with zero attached hydrogens (tertiary/aromatic N) is 1. The minimum Gasteiger partial charge on any atom is -0.487 e. The highest BCUT2D eigenvalue weighted by Crippen LogP contribution is 2.17. The lowest BCUT2D eigenvalue weighted by molar-refractivity contribution is 0.298. The Labute approximate surface area is 114 Å². The van der Waals surface area contributed by atoms with E-state index in [0.717, 1.165) is 0 Å². The molecule has 0 aliphatic rings. The summed E-state index contributed by atoms with van der Waals surface area (Å²) in [5.74, 6) is -0.110.